The topological polar surface area (TPSA) is 55.4 Å². The van der Waals surface area contributed by atoms with Gasteiger partial charge in [0, 0.05) is 19.4 Å². The molecule has 0 heterocycles. The van der Waals surface area contributed by atoms with Crippen LogP contribution in [0.5, 0.6) is 0 Å². The van der Waals surface area contributed by atoms with Gasteiger partial charge in [-0.3, -0.25) is 9.59 Å². The van der Waals surface area contributed by atoms with Crippen molar-refractivity contribution < 1.29 is 14.3 Å². The van der Waals surface area contributed by atoms with Gasteiger partial charge in [0.2, 0.25) is 5.91 Å². The van der Waals surface area contributed by atoms with E-state index >= 15 is 0 Å². The molecule has 0 aliphatic heterocycles. The van der Waals surface area contributed by atoms with Gasteiger partial charge in [-0.25, -0.2) is 0 Å². The van der Waals surface area contributed by atoms with E-state index in [9.17, 15) is 9.59 Å². The Bertz CT molecular complexity index is 260. The standard InChI is InChI=1S/C14H25NO3/c1-18-14(17)9-3-2-6-10-15-13(16)11-12-7-4-5-8-12/h12H,2-11H2,1H3,(H,15,16). The van der Waals surface area contributed by atoms with Gasteiger partial charge in [-0.1, -0.05) is 19.3 Å². The van der Waals surface area contributed by atoms with Crippen molar-refractivity contribution in [3.8, 4) is 0 Å². The first-order valence-corrected chi connectivity index (χ1v) is 7.06. The maximum Gasteiger partial charge on any atom is 0.305 e. The lowest BCUT2D eigenvalue weighted by molar-refractivity contribution is -0.140. The van der Waals surface area contributed by atoms with E-state index in [1.165, 1.54) is 32.8 Å². The minimum Gasteiger partial charge on any atom is -0.469 e. The molecule has 0 bridgehead atoms. The molecule has 1 aliphatic rings. The number of unbranched alkanes of at least 4 members (excludes halogenated alkanes) is 2. The Balaban J connectivity index is 1.90. The summed E-state index contributed by atoms with van der Waals surface area (Å²) in [5.41, 5.74) is 0. The molecule has 0 radical (unpaired) electrons. The molecule has 0 spiro atoms. The predicted octanol–water partition coefficient (Wildman–Crippen LogP) is 2.42. The molecule has 18 heavy (non-hydrogen) atoms. The summed E-state index contributed by atoms with van der Waals surface area (Å²) in [6.07, 6.45) is 8.90. The van der Waals surface area contributed by atoms with Gasteiger partial charge in [0.25, 0.3) is 0 Å². The van der Waals surface area contributed by atoms with Crippen molar-refractivity contribution in [2.45, 2.75) is 57.8 Å². The Morgan fingerprint density at radius 3 is 2.56 bits per heavy atom. The zero-order valence-corrected chi connectivity index (χ0v) is 11.4. The average molecular weight is 255 g/mol. The van der Waals surface area contributed by atoms with Gasteiger partial charge in [0.05, 0.1) is 7.11 Å². The largest absolute Gasteiger partial charge is 0.469 e. The van der Waals surface area contributed by atoms with Gasteiger partial charge in [0.1, 0.15) is 0 Å². The van der Waals surface area contributed by atoms with Crippen LogP contribution in [0.25, 0.3) is 0 Å². The lowest BCUT2D eigenvalue weighted by Gasteiger charge is -2.09. The maximum atomic E-state index is 11.6. The van der Waals surface area contributed by atoms with E-state index in [-0.39, 0.29) is 11.9 Å². The zero-order chi connectivity index (χ0) is 13.2. The number of methoxy groups -OCH3 is 1. The highest BCUT2D eigenvalue weighted by Crippen LogP contribution is 2.27. The Kier molecular flexibility index (Phi) is 7.46. The van der Waals surface area contributed by atoms with Gasteiger partial charge < -0.3 is 10.1 Å². The van der Waals surface area contributed by atoms with E-state index in [0.29, 0.717) is 18.8 Å². The van der Waals surface area contributed by atoms with Crippen molar-refractivity contribution in [1.82, 2.24) is 5.32 Å². The van der Waals surface area contributed by atoms with E-state index in [0.717, 1.165) is 25.8 Å². The molecule has 1 N–H and O–H groups in total. The fourth-order valence-electron chi connectivity index (χ4n) is 2.45. The van der Waals surface area contributed by atoms with Crippen LogP contribution in [-0.2, 0) is 14.3 Å². The van der Waals surface area contributed by atoms with Crippen molar-refractivity contribution in [3.05, 3.63) is 0 Å². The molecule has 0 aromatic heterocycles. The lowest BCUT2D eigenvalue weighted by atomic mass is 10.0. The molecule has 0 aromatic carbocycles. The van der Waals surface area contributed by atoms with Crippen LogP contribution in [0.15, 0.2) is 0 Å². The number of nitrogens with one attached hydrogen (secondary N) is 1. The number of rotatable bonds is 8. The van der Waals surface area contributed by atoms with Crippen LogP contribution >= 0.6 is 0 Å². The quantitative estimate of drug-likeness (QED) is 0.535. The number of hydrogen-bond donors (Lipinski definition) is 1. The molecule has 0 aromatic rings. The number of amides is 1. The third-order valence-electron chi connectivity index (χ3n) is 3.56. The fraction of sp³-hybridized carbons (Fsp3) is 0.857. The molecule has 4 nitrogen and oxygen atoms in total. The molecule has 0 atom stereocenters. The van der Waals surface area contributed by atoms with Gasteiger partial charge in [0.15, 0.2) is 0 Å². The average Bonchev–Trinajstić information content (AvgIpc) is 2.85. The monoisotopic (exact) mass is 255 g/mol. The number of esters is 1. The van der Waals surface area contributed by atoms with E-state index in [1.54, 1.807) is 0 Å². The summed E-state index contributed by atoms with van der Waals surface area (Å²) in [6.45, 7) is 0.729. The van der Waals surface area contributed by atoms with Gasteiger partial charge >= 0.3 is 5.97 Å². The summed E-state index contributed by atoms with van der Waals surface area (Å²) in [4.78, 5) is 22.5. The molecular formula is C14H25NO3. The predicted molar refractivity (Wildman–Crippen MR) is 70.1 cm³/mol. The third-order valence-corrected chi connectivity index (χ3v) is 3.56. The number of carbonyl (C=O) groups excluding carboxylic acids is 2. The summed E-state index contributed by atoms with van der Waals surface area (Å²) < 4.78 is 4.56. The third kappa shape index (κ3) is 6.62. The van der Waals surface area contributed by atoms with Crippen LogP contribution in [0.3, 0.4) is 0 Å². The van der Waals surface area contributed by atoms with Crippen molar-refractivity contribution in [2.75, 3.05) is 13.7 Å². The first-order valence-electron chi connectivity index (χ1n) is 7.06. The Morgan fingerprint density at radius 2 is 1.89 bits per heavy atom. The highest BCUT2D eigenvalue weighted by molar-refractivity contribution is 5.76. The van der Waals surface area contributed by atoms with Crippen LogP contribution in [0.4, 0.5) is 0 Å². The molecule has 1 fully saturated rings. The van der Waals surface area contributed by atoms with Crippen LogP contribution in [0.1, 0.15) is 57.8 Å². The van der Waals surface area contributed by atoms with Crippen molar-refractivity contribution >= 4 is 11.9 Å². The van der Waals surface area contributed by atoms with Crippen molar-refractivity contribution in [2.24, 2.45) is 5.92 Å². The van der Waals surface area contributed by atoms with Crippen LogP contribution in [0, 0.1) is 5.92 Å². The molecule has 0 saturated heterocycles. The second-order valence-electron chi connectivity index (χ2n) is 5.09. The Hall–Kier alpha value is -1.06. The second-order valence-corrected chi connectivity index (χ2v) is 5.09. The molecule has 1 rings (SSSR count). The highest BCUT2D eigenvalue weighted by Gasteiger charge is 2.17. The van der Waals surface area contributed by atoms with Crippen LogP contribution < -0.4 is 5.32 Å². The number of hydrogen-bond acceptors (Lipinski definition) is 3. The second kappa shape index (κ2) is 8.95. The minimum absolute atomic E-state index is 0.153. The van der Waals surface area contributed by atoms with Crippen molar-refractivity contribution in [3.63, 3.8) is 0 Å². The van der Waals surface area contributed by atoms with Crippen LogP contribution in [-0.4, -0.2) is 25.5 Å². The fourth-order valence-corrected chi connectivity index (χ4v) is 2.45. The van der Waals surface area contributed by atoms with Gasteiger partial charge in [-0.15, -0.1) is 0 Å². The van der Waals surface area contributed by atoms with E-state index < -0.39 is 0 Å². The number of ether oxygens (including phenoxy) is 1. The normalized spacial score (nSPS) is 15.6. The van der Waals surface area contributed by atoms with E-state index in [4.69, 9.17) is 0 Å². The first-order chi connectivity index (χ1) is 8.72. The lowest BCUT2D eigenvalue weighted by Crippen LogP contribution is -2.26. The summed E-state index contributed by atoms with van der Waals surface area (Å²) >= 11 is 0. The Morgan fingerprint density at radius 1 is 1.17 bits per heavy atom. The molecule has 104 valence electrons. The minimum atomic E-state index is -0.153. The van der Waals surface area contributed by atoms with Gasteiger partial charge in [-0.2, -0.15) is 0 Å². The molecular weight excluding hydrogens is 230 g/mol. The SMILES string of the molecule is COC(=O)CCCCCNC(=O)CC1CCCC1. The zero-order valence-electron chi connectivity index (χ0n) is 11.4. The Labute approximate surface area is 109 Å². The molecule has 1 saturated carbocycles. The molecule has 0 unspecified atom stereocenters. The number of carbonyl (C=O) groups is 2. The molecule has 1 aliphatic carbocycles. The highest BCUT2D eigenvalue weighted by atomic mass is 16.5. The van der Waals surface area contributed by atoms with Crippen molar-refractivity contribution in [1.29, 1.82) is 0 Å². The summed E-state index contributed by atoms with van der Waals surface area (Å²) in [7, 11) is 1.41. The van der Waals surface area contributed by atoms with Crippen LogP contribution in [0.2, 0.25) is 0 Å². The first kappa shape index (κ1) is 15.0. The van der Waals surface area contributed by atoms with E-state index in [2.05, 4.69) is 10.1 Å². The van der Waals surface area contributed by atoms with Gasteiger partial charge in [-0.05, 0) is 31.6 Å². The smallest absolute Gasteiger partial charge is 0.305 e. The summed E-state index contributed by atoms with van der Waals surface area (Å²) in [6, 6.07) is 0. The molecule has 4 heteroatoms. The molecule has 1 amide bonds. The van der Waals surface area contributed by atoms with E-state index in [1.807, 2.05) is 0 Å². The maximum absolute atomic E-state index is 11.6. The summed E-state index contributed by atoms with van der Waals surface area (Å²) in [5.74, 6) is 0.652. The summed E-state index contributed by atoms with van der Waals surface area (Å²) in [5, 5.41) is 2.96.